The van der Waals surface area contributed by atoms with Crippen LogP contribution in [0.5, 0.6) is 0 Å². The topological polar surface area (TPSA) is 43.8 Å². The number of nitrogens with two attached hydrogens (primary N) is 1. The highest BCUT2D eigenvalue weighted by molar-refractivity contribution is 6.30. The van der Waals surface area contributed by atoms with Crippen molar-refractivity contribution in [2.24, 2.45) is 5.73 Å². The Bertz CT molecular complexity index is 490. The second-order valence-corrected chi connectivity index (χ2v) is 4.84. The zero-order valence-corrected chi connectivity index (χ0v) is 11.3. The van der Waals surface area contributed by atoms with E-state index < -0.39 is 0 Å². The predicted octanol–water partition coefficient (Wildman–Crippen LogP) is 3.19. The van der Waals surface area contributed by atoms with Crippen LogP contribution in [0.25, 0.3) is 0 Å². The molecule has 0 saturated carbocycles. The van der Waals surface area contributed by atoms with Crippen LogP contribution in [0.2, 0.25) is 5.02 Å². The summed E-state index contributed by atoms with van der Waals surface area (Å²) in [5.41, 5.74) is 8.42. The lowest BCUT2D eigenvalue weighted by Crippen LogP contribution is -2.15. The van der Waals surface area contributed by atoms with Gasteiger partial charge in [0, 0.05) is 23.8 Å². The molecule has 4 heteroatoms. The summed E-state index contributed by atoms with van der Waals surface area (Å²) < 4.78 is 2.13. The first-order valence-electron chi connectivity index (χ1n) is 6.20. The first-order valence-corrected chi connectivity index (χ1v) is 6.58. The highest BCUT2D eigenvalue weighted by Crippen LogP contribution is 2.15. The second kappa shape index (κ2) is 6.03. The van der Waals surface area contributed by atoms with Gasteiger partial charge in [-0.25, -0.2) is 4.98 Å². The summed E-state index contributed by atoms with van der Waals surface area (Å²) in [5.74, 6) is 0. The fourth-order valence-corrected chi connectivity index (χ4v) is 2.06. The molecule has 0 aliphatic carbocycles. The Balaban J connectivity index is 2.02. The average Bonchev–Trinajstić information content (AvgIpc) is 2.85. The number of aromatic nitrogens is 2. The predicted molar refractivity (Wildman–Crippen MR) is 74.6 cm³/mol. The van der Waals surface area contributed by atoms with E-state index in [2.05, 4.69) is 28.6 Å². The molecule has 1 atom stereocenters. The zero-order chi connectivity index (χ0) is 13.0. The van der Waals surface area contributed by atoms with Crippen LogP contribution in [-0.2, 0) is 13.0 Å². The Kier molecular flexibility index (Phi) is 4.39. The Labute approximate surface area is 113 Å². The summed E-state index contributed by atoms with van der Waals surface area (Å²) in [4.78, 5) is 4.18. The minimum Gasteiger partial charge on any atom is -0.333 e. The van der Waals surface area contributed by atoms with Gasteiger partial charge < -0.3 is 10.3 Å². The number of nitrogens with zero attached hydrogens (tertiary/aromatic N) is 2. The number of rotatable bonds is 5. The Morgan fingerprint density at radius 2 is 2.06 bits per heavy atom. The van der Waals surface area contributed by atoms with Gasteiger partial charge in [-0.1, -0.05) is 30.7 Å². The van der Waals surface area contributed by atoms with E-state index in [4.69, 9.17) is 17.3 Å². The van der Waals surface area contributed by atoms with Crippen molar-refractivity contribution in [1.29, 1.82) is 0 Å². The van der Waals surface area contributed by atoms with Gasteiger partial charge in [-0.3, -0.25) is 0 Å². The third-order valence-corrected chi connectivity index (χ3v) is 3.37. The molecule has 0 radical (unpaired) electrons. The first kappa shape index (κ1) is 13.1. The summed E-state index contributed by atoms with van der Waals surface area (Å²) in [7, 11) is 0. The van der Waals surface area contributed by atoms with Gasteiger partial charge in [-0.15, -0.1) is 0 Å². The van der Waals surface area contributed by atoms with Crippen LogP contribution in [0.4, 0.5) is 0 Å². The van der Waals surface area contributed by atoms with Crippen molar-refractivity contribution in [1.82, 2.24) is 9.55 Å². The van der Waals surface area contributed by atoms with E-state index in [0.717, 1.165) is 30.1 Å². The van der Waals surface area contributed by atoms with Crippen molar-refractivity contribution in [2.45, 2.75) is 32.4 Å². The van der Waals surface area contributed by atoms with Crippen LogP contribution < -0.4 is 5.73 Å². The van der Waals surface area contributed by atoms with Gasteiger partial charge in [-0.2, -0.15) is 0 Å². The van der Waals surface area contributed by atoms with E-state index in [1.165, 1.54) is 5.56 Å². The molecule has 1 aromatic carbocycles. The van der Waals surface area contributed by atoms with Gasteiger partial charge in [0.05, 0.1) is 12.0 Å². The fraction of sp³-hybridized carbons (Fsp3) is 0.357. The molecular formula is C14H18ClN3. The number of imidazole rings is 1. The minimum absolute atomic E-state index is 0.0673. The van der Waals surface area contributed by atoms with Crippen LogP contribution >= 0.6 is 11.6 Å². The average molecular weight is 264 g/mol. The maximum atomic E-state index is 6.05. The summed E-state index contributed by atoms with van der Waals surface area (Å²) in [6.45, 7) is 2.98. The number of hydrogen-bond acceptors (Lipinski definition) is 2. The highest BCUT2D eigenvalue weighted by atomic mass is 35.5. The standard InChI is InChI=1S/C14H18ClN3/c1-2-13(16)14-9-17-10-18(14)8-7-11-3-5-12(15)6-4-11/h3-6,9-10,13H,2,7-8,16H2,1H3/t13-/m1/s1. The minimum atomic E-state index is 0.0673. The van der Waals surface area contributed by atoms with E-state index in [-0.39, 0.29) is 6.04 Å². The molecule has 2 rings (SSSR count). The normalized spacial score (nSPS) is 12.6. The molecule has 0 aliphatic rings. The highest BCUT2D eigenvalue weighted by Gasteiger charge is 2.09. The molecule has 0 bridgehead atoms. The zero-order valence-electron chi connectivity index (χ0n) is 10.5. The molecule has 1 aromatic heterocycles. The quantitative estimate of drug-likeness (QED) is 0.900. The lowest BCUT2D eigenvalue weighted by molar-refractivity contribution is 0.589. The van der Waals surface area contributed by atoms with E-state index in [9.17, 15) is 0 Å². The third-order valence-electron chi connectivity index (χ3n) is 3.12. The molecule has 2 N–H and O–H groups in total. The Hall–Kier alpha value is -1.32. The van der Waals surface area contributed by atoms with Gasteiger partial charge in [-0.05, 0) is 30.5 Å². The maximum Gasteiger partial charge on any atom is 0.0948 e. The van der Waals surface area contributed by atoms with E-state index >= 15 is 0 Å². The number of hydrogen-bond donors (Lipinski definition) is 1. The largest absolute Gasteiger partial charge is 0.333 e. The molecule has 0 saturated heterocycles. The molecule has 18 heavy (non-hydrogen) atoms. The molecule has 0 aliphatic heterocycles. The summed E-state index contributed by atoms with van der Waals surface area (Å²) in [5, 5.41) is 0.773. The van der Waals surface area contributed by atoms with E-state index in [1.807, 2.05) is 24.7 Å². The van der Waals surface area contributed by atoms with E-state index in [0.29, 0.717) is 0 Å². The smallest absolute Gasteiger partial charge is 0.0948 e. The number of aryl methyl sites for hydroxylation is 2. The summed E-state index contributed by atoms with van der Waals surface area (Å²) >= 11 is 5.87. The summed E-state index contributed by atoms with van der Waals surface area (Å²) in [6, 6.07) is 8.02. The van der Waals surface area contributed by atoms with Gasteiger partial charge in [0.25, 0.3) is 0 Å². The molecular weight excluding hydrogens is 246 g/mol. The molecule has 2 aromatic rings. The van der Waals surface area contributed by atoms with Gasteiger partial charge in [0.1, 0.15) is 0 Å². The van der Waals surface area contributed by atoms with Crippen LogP contribution in [0.3, 0.4) is 0 Å². The van der Waals surface area contributed by atoms with Gasteiger partial charge >= 0.3 is 0 Å². The third kappa shape index (κ3) is 3.12. The molecule has 0 unspecified atom stereocenters. The first-order chi connectivity index (χ1) is 8.70. The van der Waals surface area contributed by atoms with Crippen molar-refractivity contribution in [3.8, 4) is 0 Å². The number of benzene rings is 1. The monoisotopic (exact) mass is 263 g/mol. The Morgan fingerprint density at radius 1 is 1.33 bits per heavy atom. The number of halogens is 1. The lowest BCUT2D eigenvalue weighted by Gasteiger charge is -2.12. The van der Waals surface area contributed by atoms with Crippen molar-refractivity contribution in [3.05, 3.63) is 53.1 Å². The molecule has 3 nitrogen and oxygen atoms in total. The second-order valence-electron chi connectivity index (χ2n) is 4.40. The van der Waals surface area contributed by atoms with Gasteiger partial charge in [0.2, 0.25) is 0 Å². The molecule has 1 heterocycles. The summed E-state index contributed by atoms with van der Waals surface area (Å²) in [6.07, 6.45) is 5.58. The van der Waals surface area contributed by atoms with Gasteiger partial charge in [0.15, 0.2) is 0 Å². The lowest BCUT2D eigenvalue weighted by atomic mass is 10.1. The van der Waals surface area contributed by atoms with Crippen molar-refractivity contribution in [3.63, 3.8) is 0 Å². The molecule has 96 valence electrons. The van der Waals surface area contributed by atoms with Crippen molar-refractivity contribution in [2.75, 3.05) is 0 Å². The van der Waals surface area contributed by atoms with E-state index in [1.54, 1.807) is 0 Å². The molecule has 0 spiro atoms. The fourth-order valence-electron chi connectivity index (χ4n) is 1.94. The Morgan fingerprint density at radius 3 is 2.72 bits per heavy atom. The SMILES string of the molecule is CC[C@@H](N)c1cncn1CCc1ccc(Cl)cc1. The molecule has 0 fully saturated rings. The van der Waals surface area contributed by atoms with Crippen molar-refractivity contribution >= 4 is 11.6 Å². The van der Waals surface area contributed by atoms with Crippen LogP contribution in [0.1, 0.15) is 30.6 Å². The molecule has 0 amide bonds. The van der Waals surface area contributed by atoms with Crippen molar-refractivity contribution < 1.29 is 0 Å². The van der Waals surface area contributed by atoms with Crippen LogP contribution in [0, 0.1) is 0 Å². The van der Waals surface area contributed by atoms with Crippen LogP contribution in [-0.4, -0.2) is 9.55 Å². The maximum absolute atomic E-state index is 6.05. The van der Waals surface area contributed by atoms with Crippen LogP contribution in [0.15, 0.2) is 36.8 Å².